The van der Waals surface area contributed by atoms with Gasteiger partial charge in [0.1, 0.15) is 9.92 Å². The van der Waals surface area contributed by atoms with Crippen LogP contribution in [-0.4, -0.2) is 19.8 Å². The van der Waals surface area contributed by atoms with Gasteiger partial charge < -0.3 is 4.74 Å². The molecule has 1 rings (SSSR count). The number of rotatable bonds is 2. The minimum atomic E-state index is -5.18. The number of hydrogen-bond acceptors (Lipinski definition) is 4. The van der Waals surface area contributed by atoms with Crippen LogP contribution in [0.2, 0.25) is 5.02 Å². The van der Waals surface area contributed by atoms with Crippen LogP contribution in [0.1, 0.15) is 0 Å². The molecule has 17 heavy (non-hydrogen) atoms. The van der Waals surface area contributed by atoms with Crippen molar-refractivity contribution >= 4 is 31.3 Å². The standard InChI is InChI=1S/C6HCl2F4NO3S/c7-3-2(17(8,14)15)1-13-5(4(3)9)16-6(10,11)12/h1H. The summed E-state index contributed by atoms with van der Waals surface area (Å²) in [5.41, 5.74) is 0. The lowest BCUT2D eigenvalue weighted by Gasteiger charge is -2.09. The Hall–Kier alpha value is -0.800. The second-order valence-electron chi connectivity index (χ2n) is 2.54. The maximum absolute atomic E-state index is 13.2. The maximum atomic E-state index is 13.2. The molecule has 0 atom stereocenters. The van der Waals surface area contributed by atoms with Crippen molar-refractivity contribution in [2.75, 3.05) is 0 Å². The van der Waals surface area contributed by atoms with Gasteiger partial charge in [0.25, 0.3) is 14.9 Å². The predicted molar refractivity (Wildman–Crippen MR) is 48.9 cm³/mol. The molecule has 11 heteroatoms. The molecule has 1 aromatic heterocycles. The lowest BCUT2D eigenvalue weighted by atomic mass is 10.4. The smallest absolute Gasteiger partial charge is 0.385 e. The van der Waals surface area contributed by atoms with Gasteiger partial charge in [-0.25, -0.2) is 13.4 Å². The Kier molecular flexibility index (Phi) is 3.75. The maximum Gasteiger partial charge on any atom is 0.574 e. The van der Waals surface area contributed by atoms with E-state index in [1.54, 1.807) is 0 Å². The molecule has 0 amide bonds. The van der Waals surface area contributed by atoms with Crippen LogP contribution in [0.15, 0.2) is 11.1 Å². The zero-order valence-electron chi connectivity index (χ0n) is 7.43. The van der Waals surface area contributed by atoms with Crippen LogP contribution in [-0.2, 0) is 9.05 Å². The molecule has 0 aliphatic carbocycles. The summed E-state index contributed by atoms with van der Waals surface area (Å²) < 4.78 is 73.3. The molecule has 0 aliphatic heterocycles. The summed E-state index contributed by atoms with van der Waals surface area (Å²) in [7, 11) is 0.424. The van der Waals surface area contributed by atoms with Gasteiger partial charge in [-0.15, -0.1) is 13.2 Å². The SMILES string of the molecule is O=S(=O)(Cl)c1cnc(OC(F)(F)F)c(F)c1Cl. The highest BCUT2D eigenvalue weighted by molar-refractivity contribution is 8.13. The van der Waals surface area contributed by atoms with Crippen molar-refractivity contribution in [1.29, 1.82) is 0 Å². The van der Waals surface area contributed by atoms with Gasteiger partial charge in [-0.3, -0.25) is 0 Å². The van der Waals surface area contributed by atoms with Crippen LogP contribution < -0.4 is 4.74 Å². The van der Waals surface area contributed by atoms with Crippen LogP contribution in [0.4, 0.5) is 17.6 Å². The van der Waals surface area contributed by atoms with Gasteiger partial charge in [-0.2, -0.15) is 4.39 Å². The molecule has 0 saturated heterocycles. The molecule has 1 heterocycles. The topological polar surface area (TPSA) is 56.3 Å². The highest BCUT2D eigenvalue weighted by Crippen LogP contribution is 2.32. The first-order valence-electron chi connectivity index (χ1n) is 3.57. The lowest BCUT2D eigenvalue weighted by molar-refractivity contribution is -0.277. The van der Waals surface area contributed by atoms with Crippen LogP contribution in [0, 0.1) is 5.82 Å². The Labute approximate surface area is 102 Å². The van der Waals surface area contributed by atoms with Gasteiger partial charge in [-0.05, 0) is 0 Å². The van der Waals surface area contributed by atoms with Crippen molar-refractivity contribution in [3.8, 4) is 5.88 Å². The van der Waals surface area contributed by atoms with E-state index in [1.165, 1.54) is 0 Å². The van der Waals surface area contributed by atoms with Crippen molar-refractivity contribution in [2.45, 2.75) is 11.3 Å². The largest absolute Gasteiger partial charge is 0.574 e. The van der Waals surface area contributed by atoms with Crippen molar-refractivity contribution in [3.63, 3.8) is 0 Å². The van der Waals surface area contributed by atoms with E-state index in [4.69, 9.17) is 22.3 Å². The molecule has 0 aromatic carbocycles. The third kappa shape index (κ3) is 3.58. The molecule has 1 aromatic rings. The molecule has 0 N–H and O–H groups in total. The Balaban J connectivity index is 3.30. The normalized spacial score (nSPS) is 12.6. The number of pyridine rings is 1. The van der Waals surface area contributed by atoms with E-state index in [0.717, 1.165) is 0 Å². The van der Waals surface area contributed by atoms with Gasteiger partial charge in [0, 0.05) is 10.7 Å². The molecule has 0 unspecified atom stereocenters. The second-order valence-corrected chi connectivity index (χ2v) is 5.45. The van der Waals surface area contributed by atoms with Crippen molar-refractivity contribution in [3.05, 3.63) is 17.0 Å². The molecule has 0 saturated carbocycles. The van der Waals surface area contributed by atoms with E-state index in [9.17, 15) is 26.0 Å². The van der Waals surface area contributed by atoms with Gasteiger partial charge in [0.05, 0.1) is 6.20 Å². The van der Waals surface area contributed by atoms with E-state index >= 15 is 0 Å². The van der Waals surface area contributed by atoms with Gasteiger partial charge >= 0.3 is 6.36 Å². The average Bonchev–Trinajstić information content (AvgIpc) is 2.08. The molecule has 4 nitrogen and oxygen atoms in total. The third-order valence-electron chi connectivity index (χ3n) is 1.37. The monoisotopic (exact) mass is 313 g/mol. The number of aromatic nitrogens is 1. The number of hydrogen-bond donors (Lipinski definition) is 0. The summed E-state index contributed by atoms with van der Waals surface area (Å²) >= 11 is 5.19. The van der Waals surface area contributed by atoms with Crippen LogP contribution in [0.3, 0.4) is 0 Å². The Bertz CT molecular complexity index is 545. The quantitative estimate of drug-likeness (QED) is 0.622. The Morgan fingerprint density at radius 1 is 1.35 bits per heavy atom. The second kappa shape index (κ2) is 4.46. The average molecular weight is 314 g/mol. The molecule has 0 fully saturated rings. The molecule has 96 valence electrons. The highest BCUT2D eigenvalue weighted by atomic mass is 35.7. The summed E-state index contributed by atoms with van der Waals surface area (Å²) in [5, 5.41) is -1.13. The van der Waals surface area contributed by atoms with Crippen LogP contribution >= 0.6 is 22.3 Å². The number of ether oxygens (including phenoxy) is 1. The fraction of sp³-hybridized carbons (Fsp3) is 0.167. The number of nitrogens with zero attached hydrogens (tertiary/aromatic N) is 1. The Morgan fingerprint density at radius 2 is 1.88 bits per heavy atom. The molecule has 0 spiro atoms. The predicted octanol–water partition coefficient (Wildman–Crippen LogP) is 2.70. The minimum absolute atomic E-state index is 0.356. The van der Waals surface area contributed by atoms with E-state index in [1.807, 2.05) is 0 Å². The summed E-state index contributed by atoms with van der Waals surface area (Å²) in [5.74, 6) is -3.27. The fourth-order valence-corrected chi connectivity index (χ4v) is 2.17. The van der Waals surface area contributed by atoms with Gasteiger partial charge in [0.2, 0.25) is 5.82 Å². The number of alkyl halides is 3. The lowest BCUT2D eigenvalue weighted by Crippen LogP contribution is -2.19. The minimum Gasteiger partial charge on any atom is -0.385 e. The van der Waals surface area contributed by atoms with Crippen LogP contribution in [0.5, 0.6) is 5.88 Å². The van der Waals surface area contributed by atoms with Gasteiger partial charge in [0.15, 0.2) is 0 Å². The summed E-state index contributed by atoms with van der Waals surface area (Å²) in [6, 6.07) is 0. The van der Waals surface area contributed by atoms with Crippen molar-refractivity contribution in [1.82, 2.24) is 4.98 Å². The summed E-state index contributed by atoms with van der Waals surface area (Å²) in [4.78, 5) is 1.87. The van der Waals surface area contributed by atoms with Gasteiger partial charge in [-0.1, -0.05) is 11.6 Å². The first-order chi connectivity index (χ1) is 7.52. The highest BCUT2D eigenvalue weighted by Gasteiger charge is 2.34. The van der Waals surface area contributed by atoms with E-state index < -0.39 is 37.0 Å². The molecule has 0 radical (unpaired) electrons. The zero-order valence-corrected chi connectivity index (χ0v) is 9.75. The van der Waals surface area contributed by atoms with Crippen molar-refractivity contribution in [2.24, 2.45) is 0 Å². The number of halogens is 6. The van der Waals surface area contributed by atoms with Crippen molar-refractivity contribution < 1.29 is 30.7 Å². The first kappa shape index (κ1) is 14.3. The molecular formula is C6HCl2F4NO3S. The molecular weight excluding hydrogens is 313 g/mol. The van der Waals surface area contributed by atoms with E-state index in [0.29, 0.717) is 6.20 Å². The Morgan fingerprint density at radius 3 is 2.29 bits per heavy atom. The third-order valence-corrected chi connectivity index (χ3v) is 3.19. The zero-order chi connectivity index (χ0) is 13.4. The fourth-order valence-electron chi connectivity index (χ4n) is 0.783. The summed E-state index contributed by atoms with van der Waals surface area (Å²) in [6.45, 7) is 0. The van der Waals surface area contributed by atoms with E-state index in [-0.39, 0.29) is 0 Å². The first-order valence-corrected chi connectivity index (χ1v) is 6.25. The molecule has 0 aliphatic rings. The van der Waals surface area contributed by atoms with Crippen LogP contribution in [0.25, 0.3) is 0 Å². The van der Waals surface area contributed by atoms with E-state index in [2.05, 4.69) is 9.72 Å². The molecule has 0 bridgehead atoms. The summed E-state index contributed by atoms with van der Waals surface area (Å²) in [6.07, 6.45) is -4.83.